The van der Waals surface area contributed by atoms with E-state index in [1.807, 2.05) is 60.7 Å². The van der Waals surface area contributed by atoms with Gasteiger partial charge in [0.1, 0.15) is 11.5 Å². The topological polar surface area (TPSA) is 55.8 Å². The molecule has 0 bridgehead atoms. The molecule has 0 aliphatic carbocycles. The lowest BCUT2D eigenvalue weighted by molar-refractivity contribution is -0.120. The second-order valence-electron chi connectivity index (χ2n) is 6.11. The minimum Gasteiger partial charge on any atom is -0.497 e. The third-order valence-electron chi connectivity index (χ3n) is 4.25. The highest BCUT2D eigenvalue weighted by Gasteiger charge is 2.17. The zero-order valence-electron chi connectivity index (χ0n) is 15.6. The van der Waals surface area contributed by atoms with Gasteiger partial charge in [-0.05, 0) is 35.9 Å². The summed E-state index contributed by atoms with van der Waals surface area (Å²) in [6, 6.07) is 24.1. The number of hydrogen-bond donors (Lipinski definition) is 0. The molecule has 1 amide bonds. The molecule has 0 aromatic heterocycles. The molecule has 0 fully saturated rings. The van der Waals surface area contributed by atoms with E-state index >= 15 is 0 Å². The van der Waals surface area contributed by atoms with Crippen molar-refractivity contribution in [3.8, 4) is 11.5 Å². The van der Waals surface area contributed by atoms with Gasteiger partial charge in [0, 0.05) is 5.69 Å². The number of rotatable bonds is 8. The van der Waals surface area contributed by atoms with E-state index in [1.165, 1.54) is 7.11 Å². The van der Waals surface area contributed by atoms with Crippen LogP contribution in [0.2, 0.25) is 0 Å². The fourth-order valence-electron chi connectivity index (χ4n) is 2.79. The van der Waals surface area contributed by atoms with Crippen LogP contribution >= 0.6 is 0 Å². The predicted octanol–water partition coefficient (Wildman–Crippen LogP) is 4.12. The van der Waals surface area contributed by atoms with Crippen molar-refractivity contribution in [2.45, 2.75) is 6.54 Å². The first-order chi connectivity index (χ1) is 13.7. The van der Waals surface area contributed by atoms with Gasteiger partial charge in [-0.25, -0.2) is 0 Å². The van der Waals surface area contributed by atoms with Gasteiger partial charge in [-0.3, -0.25) is 9.59 Å². The van der Waals surface area contributed by atoms with Gasteiger partial charge in [0.2, 0.25) is 0 Å². The maximum atomic E-state index is 12.9. The van der Waals surface area contributed by atoms with Gasteiger partial charge >= 0.3 is 0 Å². The van der Waals surface area contributed by atoms with Crippen LogP contribution in [-0.4, -0.2) is 25.9 Å². The Morgan fingerprint density at radius 2 is 1.64 bits per heavy atom. The van der Waals surface area contributed by atoms with Gasteiger partial charge < -0.3 is 14.4 Å². The Labute approximate surface area is 164 Å². The number of carbonyl (C=O) groups is 2. The molecule has 3 aromatic rings. The van der Waals surface area contributed by atoms with Gasteiger partial charge in [0.25, 0.3) is 5.91 Å². The number of amides is 1. The Kier molecular flexibility index (Phi) is 6.41. The number of nitrogens with zero attached hydrogens (tertiary/aromatic N) is 1. The Morgan fingerprint density at radius 1 is 0.964 bits per heavy atom. The second-order valence-corrected chi connectivity index (χ2v) is 6.11. The number of anilines is 1. The lowest BCUT2D eigenvalue weighted by Crippen LogP contribution is -2.34. The van der Waals surface area contributed by atoms with Gasteiger partial charge in [0.15, 0.2) is 12.9 Å². The van der Waals surface area contributed by atoms with Crippen LogP contribution in [-0.2, 0) is 11.3 Å². The number of benzene rings is 3. The Hall–Kier alpha value is -3.60. The quantitative estimate of drug-likeness (QED) is 0.556. The van der Waals surface area contributed by atoms with Crippen LogP contribution in [0.3, 0.4) is 0 Å². The summed E-state index contributed by atoms with van der Waals surface area (Å²) in [5, 5.41) is 0. The molecule has 0 N–H and O–H groups in total. The smallest absolute Gasteiger partial charge is 0.265 e. The van der Waals surface area contributed by atoms with E-state index in [0.717, 1.165) is 11.3 Å². The van der Waals surface area contributed by atoms with E-state index < -0.39 is 0 Å². The number of methoxy groups -OCH3 is 1. The third kappa shape index (κ3) is 4.76. The summed E-state index contributed by atoms with van der Waals surface area (Å²) < 4.78 is 10.8. The molecular weight excluding hydrogens is 354 g/mol. The van der Waals surface area contributed by atoms with Crippen molar-refractivity contribution in [2.75, 3.05) is 18.6 Å². The average molecular weight is 375 g/mol. The van der Waals surface area contributed by atoms with Crippen LogP contribution in [0, 0.1) is 0 Å². The van der Waals surface area contributed by atoms with E-state index in [1.54, 1.807) is 23.1 Å². The number of aldehydes is 1. The molecule has 0 aliphatic rings. The van der Waals surface area contributed by atoms with Crippen molar-refractivity contribution in [1.82, 2.24) is 0 Å². The summed E-state index contributed by atoms with van der Waals surface area (Å²) in [7, 11) is 1.52. The zero-order valence-corrected chi connectivity index (χ0v) is 15.6. The summed E-state index contributed by atoms with van der Waals surface area (Å²) in [6.45, 7) is 0.241. The Bertz CT molecular complexity index is 926. The number of ether oxygens (including phenoxy) is 2. The standard InChI is InChI=1S/C23H21NO4/c1-27-21-12-13-22(19(14-21)16-25)28-17-23(26)24(20-10-6-3-7-11-20)15-18-8-4-2-5-9-18/h2-14,16H,15,17H2,1H3. The number of carbonyl (C=O) groups excluding carboxylic acids is 2. The minimum absolute atomic E-state index is 0.186. The van der Waals surface area contributed by atoms with Gasteiger partial charge in [-0.1, -0.05) is 48.5 Å². The minimum atomic E-state index is -0.206. The lowest BCUT2D eigenvalue weighted by Gasteiger charge is -2.23. The largest absolute Gasteiger partial charge is 0.497 e. The first kappa shape index (κ1) is 19.2. The summed E-state index contributed by atoms with van der Waals surface area (Å²) in [6.07, 6.45) is 0.682. The molecule has 5 heteroatoms. The normalized spacial score (nSPS) is 10.2. The van der Waals surface area contributed by atoms with E-state index in [0.29, 0.717) is 29.9 Å². The second kappa shape index (κ2) is 9.37. The molecule has 0 atom stereocenters. The van der Waals surface area contributed by atoms with E-state index in [-0.39, 0.29) is 12.5 Å². The van der Waals surface area contributed by atoms with Crippen molar-refractivity contribution in [3.05, 3.63) is 90.0 Å². The molecule has 0 radical (unpaired) electrons. The Balaban J connectivity index is 1.77. The molecule has 0 unspecified atom stereocenters. The number of para-hydroxylation sites is 1. The van der Waals surface area contributed by atoms with Gasteiger partial charge in [-0.2, -0.15) is 0 Å². The highest BCUT2D eigenvalue weighted by atomic mass is 16.5. The third-order valence-corrected chi connectivity index (χ3v) is 4.25. The Morgan fingerprint density at radius 3 is 2.29 bits per heavy atom. The predicted molar refractivity (Wildman–Crippen MR) is 108 cm³/mol. The van der Waals surface area contributed by atoms with E-state index in [2.05, 4.69) is 0 Å². The molecule has 0 aliphatic heterocycles. The lowest BCUT2D eigenvalue weighted by atomic mass is 10.2. The van der Waals surface area contributed by atoms with Crippen molar-refractivity contribution in [1.29, 1.82) is 0 Å². The van der Waals surface area contributed by atoms with E-state index in [4.69, 9.17) is 9.47 Å². The zero-order chi connectivity index (χ0) is 19.8. The molecule has 0 saturated carbocycles. The summed E-state index contributed by atoms with van der Waals surface area (Å²) in [5.74, 6) is 0.690. The highest BCUT2D eigenvalue weighted by Crippen LogP contribution is 2.23. The first-order valence-corrected chi connectivity index (χ1v) is 8.86. The molecule has 3 rings (SSSR count). The molecule has 3 aromatic carbocycles. The molecule has 5 nitrogen and oxygen atoms in total. The molecule has 0 saturated heterocycles. The molecular formula is C23H21NO4. The number of hydrogen-bond acceptors (Lipinski definition) is 4. The van der Waals surface area contributed by atoms with Crippen LogP contribution in [0.15, 0.2) is 78.9 Å². The fourth-order valence-corrected chi connectivity index (χ4v) is 2.79. The molecule has 28 heavy (non-hydrogen) atoms. The molecule has 0 spiro atoms. The summed E-state index contributed by atoms with van der Waals surface area (Å²) in [4.78, 5) is 25.9. The van der Waals surface area contributed by atoms with Crippen LogP contribution in [0.1, 0.15) is 15.9 Å². The van der Waals surface area contributed by atoms with Crippen LogP contribution in [0.5, 0.6) is 11.5 Å². The first-order valence-electron chi connectivity index (χ1n) is 8.86. The monoisotopic (exact) mass is 375 g/mol. The van der Waals surface area contributed by atoms with Gasteiger partial charge in [-0.15, -0.1) is 0 Å². The van der Waals surface area contributed by atoms with Crippen LogP contribution in [0.25, 0.3) is 0 Å². The van der Waals surface area contributed by atoms with E-state index in [9.17, 15) is 9.59 Å². The van der Waals surface area contributed by atoms with Crippen LogP contribution < -0.4 is 14.4 Å². The maximum Gasteiger partial charge on any atom is 0.265 e. The van der Waals surface area contributed by atoms with Gasteiger partial charge in [0.05, 0.1) is 19.2 Å². The SMILES string of the molecule is COc1ccc(OCC(=O)N(Cc2ccccc2)c2ccccc2)c(C=O)c1. The van der Waals surface area contributed by atoms with Crippen molar-refractivity contribution in [2.24, 2.45) is 0 Å². The van der Waals surface area contributed by atoms with Crippen molar-refractivity contribution >= 4 is 17.9 Å². The van der Waals surface area contributed by atoms with Crippen molar-refractivity contribution in [3.63, 3.8) is 0 Å². The fraction of sp³-hybridized carbons (Fsp3) is 0.130. The molecule has 0 heterocycles. The summed E-state index contributed by atoms with van der Waals surface area (Å²) in [5.41, 5.74) is 2.13. The van der Waals surface area contributed by atoms with Crippen LogP contribution in [0.4, 0.5) is 5.69 Å². The summed E-state index contributed by atoms with van der Waals surface area (Å²) >= 11 is 0. The highest BCUT2D eigenvalue weighted by molar-refractivity contribution is 5.94. The van der Waals surface area contributed by atoms with Crippen molar-refractivity contribution < 1.29 is 19.1 Å². The molecule has 142 valence electrons. The average Bonchev–Trinajstić information content (AvgIpc) is 2.77. The maximum absolute atomic E-state index is 12.9.